The maximum absolute atomic E-state index is 13.9. The van der Waals surface area contributed by atoms with Gasteiger partial charge in [0.1, 0.15) is 11.9 Å². The Labute approximate surface area is 156 Å². The van der Waals surface area contributed by atoms with E-state index in [9.17, 15) is 8.78 Å². The van der Waals surface area contributed by atoms with Gasteiger partial charge in [-0.15, -0.1) is 0 Å². The fourth-order valence-corrected chi connectivity index (χ4v) is 5.14. The smallest absolute Gasteiger partial charge is 0.141 e. The van der Waals surface area contributed by atoms with E-state index < -0.39 is 0 Å². The van der Waals surface area contributed by atoms with Gasteiger partial charge in [-0.05, 0) is 92.7 Å². The molecular weight excluding hydrogens is 328 g/mol. The van der Waals surface area contributed by atoms with E-state index >= 15 is 0 Å². The molecule has 140 valence electrons. The Morgan fingerprint density at radius 2 is 1.65 bits per heavy atom. The van der Waals surface area contributed by atoms with Crippen molar-refractivity contribution in [3.05, 3.63) is 47.5 Å². The average Bonchev–Trinajstić information content (AvgIpc) is 2.69. The number of nitrogens with zero attached hydrogens (tertiary/aromatic N) is 1. The number of nitriles is 1. The molecule has 26 heavy (non-hydrogen) atoms. The molecule has 2 fully saturated rings. The molecule has 0 aliphatic heterocycles. The van der Waals surface area contributed by atoms with Crippen LogP contribution in [0.5, 0.6) is 0 Å². The third kappa shape index (κ3) is 4.72. The predicted molar refractivity (Wildman–Crippen MR) is 101 cm³/mol. The van der Waals surface area contributed by atoms with Gasteiger partial charge in [-0.3, -0.25) is 0 Å². The van der Waals surface area contributed by atoms with Crippen molar-refractivity contribution >= 4 is 0 Å². The Morgan fingerprint density at radius 3 is 2.23 bits per heavy atom. The standard InChI is InChI=1S/C23H29F2N/c24-14-2-1-3-17-4-6-18(7-5-17)19-8-10-20(11-9-19)21-12-13-22(16-26)23(25)15-21/h2,12-15,17-20H,1,3-11H2/b14-2+/t17-,18-,19-,20-. The summed E-state index contributed by atoms with van der Waals surface area (Å²) >= 11 is 0. The summed E-state index contributed by atoms with van der Waals surface area (Å²) in [5.41, 5.74) is 1.20. The number of hydrogen-bond acceptors (Lipinski definition) is 1. The molecule has 0 aromatic heterocycles. The Bertz CT molecular complexity index is 645. The molecule has 0 spiro atoms. The number of rotatable bonds is 5. The maximum Gasteiger partial charge on any atom is 0.141 e. The van der Waals surface area contributed by atoms with Crippen LogP contribution in [0, 0.1) is 34.9 Å². The van der Waals surface area contributed by atoms with Crippen molar-refractivity contribution in [2.24, 2.45) is 17.8 Å². The van der Waals surface area contributed by atoms with E-state index in [0.29, 0.717) is 12.2 Å². The molecule has 0 atom stereocenters. The molecular formula is C23H29F2N. The summed E-state index contributed by atoms with van der Waals surface area (Å²) in [6.45, 7) is 0. The zero-order valence-electron chi connectivity index (χ0n) is 15.5. The first kappa shape index (κ1) is 19.1. The van der Waals surface area contributed by atoms with Gasteiger partial charge in [-0.2, -0.15) is 5.26 Å². The Kier molecular flexibility index (Phi) is 6.83. The van der Waals surface area contributed by atoms with Crippen LogP contribution in [0.25, 0.3) is 0 Å². The highest BCUT2D eigenvalue weighted by Crippen LogP contribution is 2.44. The van der Waals surface area contributed by atoms with Crippen molar-refractivity contribution in [3.63, 3.8) is 0 Å². The second-order valence-electron chi connectivity index (χ2n) is 8.18. The van der Waals surface area contributed by atoms with Crippen molar-refractivity contribution in [1.29, 1.82) is 5.26 Å². The monoisotopic (exact) mass is 357 g/mol. The number of benzene rings is 1. The molecule has 1 aromatic rings. The zero-order chi connectivity index (χ0) is 18.4. The van der Waals surface area contributed by atoms with Gasteiger partial charge in [0.2, 0.25) is 0 Å². The van der Waals surface area contributed by atoms with Gasteiger partial charge in [-0.1, -0.05) is 25.0 Å². The van der Waals surface area contributed by atoms with Crippen LogP contribution in [-0.2, 0) is 0 Å². The first-order chi connectivity index (χ1) is 12.7. The van der Waals surface area contributed by atoms with Gasteiger partial charge in [0.25, 0.3) is 0 Å². The molecule has 2 aliphatic carbocycles. The van der Waals surface area contributed by atoms with Gasteiger partial charge >= 0.3 is 0 Å². The lowest BCUT2D eigenvalue weighted by atomic mass is 9.68. The number of allylic oxidation sites excluding steroid dienone is 1. The summed E-state index contributed by atoms with van der Waals surface area (Å²) in [5.74, 6) is 2.51. The first-order valence-electron chi connectivity index (χ1n) is 10.2. The lowest BCUT2D eigenvalue weighted by Crippen LogP contribution is -2.25. The minimum atomic E-state index is -0.381. The molecule has 0 heterocycles. The molecule has 0 N–H and O–H groups in total. The Hall–Kier alpha value is -1.69. The summed E-state index contributed by atoms with van der Waals surface area (Å²) in [6.07, 6.45) is 14.3. The summed E-state index contributed by atoms with van der Waals surface area (Å²) in [4.78, 5) is 0. The normalized spacial score (nSPS) is 29.6. The SMILES string of the molecule is N#Cc1ccc([C@H]2CC[C@H]([C@H]3CC[C@H](CC/C=C/F)CC3)CC2)cc1F. The highest BCUT2D eigenvalue weighted by Gasteiger charge is 2.31. The quantitative estimate of drug-likeness (QED) is 0.554. The molecule has 0 bridgehead atoms. The molecule has 2 aliphatic rings. The van der Waals surface area contributed by atoms with Gasteiger partial charge < -0.3 is 0 Å². The van der Waals surface area contributed by atoms with Crippen molar-refractivity contribution in [1.82, 2.24) is 0 Å². The van der Waals surface area contributed by atoms with E-state index in [1.165, 1.54) is 38.5 Å². The highest BCUT2D eigenvalue weighted by atomic mass is 19.1. The first-order valence-corrected chi connectivity index (χ1v) is 10.2. The van der Waals surface area contributed by atoms with Crippen molar-refractivity contribution in [2.45, 2.75) is 70.1 Å². The fourth-order valence-electron chi connectivity index (χ4n) is 5.14. The summed E-state index contributed by atoms with van der Waals surface area (Å²) in [6, 6.07) is 7.02. The lowest BCUT2D eigenvalue weighted by Gasteiger charge is -2.38. The van der Waals surface area contributed by atoms with E-state index in [2.05, 4.69) is 0 Å². The Balaban J connectivity index is 1.46. The van der Waals surface area contributed by atoms with Gasteiger partial charge in [-0.25, -0.2) is 8.78 Å². The van der Waals surface area contributed by atoms with Crippen LogP contribution < -0.4 is 0 Å². The molecule has 0 amide bonds. The van der Waals surface area contributed by atoms with Crippen LogP contribution in [0.15, 0.2) is 30.6 Å². The van der Waals surface area contributed by atoms with Gasteiger partial charge in [0.05, 0.1) is 11.9 Å². The van der Waals surface area contributed by atoms with E-state index in [1.807, 2.05) is 12.1 Å². The summed E-state index contributed by atoms with van der Waals surface area (Å²) in [7, 11) is 0. The molecule has 1 aromatic carbocycles. The summed E-state index contributed by atoms with van der Waals surface area (Å²) in [5, 5.41) is 8.87. The molecule has 3 heteroatoms. The third-order valence-electron chi connectivity index (χ3n) is 6.75. The second kappa shape index (κ2) is 9.31. The largest absolute Gasteiger partial charge is 0.216 e. The molecule has 1 nitrogen and oxygen atoms in total. The van der Waals surface area contributed by atoms with Crippen LogP contribution in [0.4, 0.5) is 8.78 Å². The van der Waals surface area contributed by atoms with Gasteiger partial charge in [0.15, 0.2) is 0 Å². The van der Waals surface area contributed by atoms with Crippen molar-refractivity contribution in [3.8, 4) is 6.07 Å². The molecule has 3 rings (SSSR count). The zero-order valence-corrected chi connectivity index (χ0v) is 15.5. The van der Waals surface area contributed by atoms with Gasteiger partial charge in [0, 0.05) is 0 Å². The number of halogens is 2. The Morgan fingerprint density at radius 1 is 1.00 bits per heavy atom. The number of hydrogen-bond donors (Lipinski definition) is 0. The van der Waals surface area contributed by atoms with Crippen LogP contribution >= 0.6 is 0 Å². The molecule has 0 unspecified atom stereocenters. The molecule has 2 saturated carbocycles. The minimum Gasteiger partial charge on any atom is -0.216 e. The van der Waals surface area contributed by atoms with E-state index in [0.717, 1.165) is 49.0 Å². The van der Waals surface area contributed by atoms with Crippen LogP contribution in [0.3, 0.4) is 0 Å². The highest BCUT2D eigenvalue weighted by molar-refractivity contribution is 5.34. The predicted octanol–water partition coefficient (Wildman–Crippen LogP) is 7.04. The van der Waals surface area contributed by atoms with E-state index in [1.54, 1.807) is 18.2 Å². The molecule has 0 radical (unpaired) electrons. The van der Waals surface area contributed by atoms with Crippen LogP contribution in [0.2, 0.25) is 0 Å². The van der Waals surface area contributed by atoms with Crippen LogP contribution in [-0.4, -0.2) is 0 Å². The third-order valence-corrected chi connectivity index (χ3v) is 6.75. The van der Waals surface area contributed by atoms with Crippen molar-refractivity contribution in [2.75, 3.05) is 0 Å². The second-order valence-corrected chi connectivity index (χ2v) is 8.18. The minimum absolute atomic E-state index is 0.140. The lowest BCUT2D eigenvalue weighted by molar-refractivity contribution is 0.157. The summed E-state index contributed by atoms with van der Waals surface area (Å²) < 4.78 is 25.9. The van der Waals surface area contributed by atoms with E-state index in [4.69, 9.17) is 5.26 Å². The molecule has 0 saturated heterocycles. The van der Waals surface area contributed by atoms with Crippen LogP contribution in [0.1, 0.15) is 81.3 Å². The fraction of sp³-hybridized carbons (Fsp3) is 0.609. The van der Waals surface area contributed by atoms with E-state index in [-0.39, 0.29) is 11.4 Å². The topological polar surface area (TPSA) is 23.8 Å². The average molecular weight is 357 g/mol. The maximum atomic E-state index is 13.9. The van der Waals surface area contributed by atoms with Crippen molar-refractivity contribution < 1.29 is 8.78 Å².